The summed E-state index contributed by atoms with van der Waals surface area (Å²) in [5.41, 5.74) is 2.34. The number of nitrogens with zero attached hydrogens (tertiary/aromatic N) is 6. The highest BCUT2D eigenvalue weighted by molar-refractivity contribution is 5.80. The number of pyridine rings is 1. The Kier molecular flexibility index (Phi) is 7.47. The normalized spacial score (nSPS) is 22.2. The number of aryl methyl sites for hydroxylation is 1. The molecule has 9 nitrogen and oxygen atoms in total. The van der Waals surface area contributed by atoms with Gasteiger partial charge >= 0.3 is 0 Å². The summed E-state index contributed by atoms with van der Waals surface area (Å²) in [4.78, 5) is 14.1. The summed E-state index contributed by atoms with van der Waals surface area (Å²) in [6, 6.07) is 4.55. The summed E-state index contributed by atoms with van der Waals surface area (Å²) in [6.07, 6.45) is 8.43. The van der Waals surface area contributed by atoms with E-state index in [0.29, 0.717) is 12.6 Å². The van der Waals surface area contributed by atoms with Gasteiger partial charge in [-0.2, -0.15) is 5.10 Å². The monoisotopic (exact) mass is 440 g/mol. The van der Waals surface area contributed by atoms with Crippen molar-refractivity contribution in [3.05, 3.63) is 36.3 Å². The molecule has 2 atom stereocenters. The van der Waals surface area contributed by atoms with Crippen LogP contribution in [-0.4, -0.2) is 72.2 Å². The molecule has 32 heavy (non-hydrogen) atoms. The highest BCUT2D eigenvalue weighted by Gasteiger charge is 2.22. The number of aromatic nitrogens is 3. The third-order valence-corrected chi connectivity index (χ3v) is 5.96. The van der Waals surface area contributed by atoms with Gasteiger partial charge in [0.15, 0.2) is 5.96 Å². The smallest absolute Gasteiger partial charge is 0.191 e. The zero-order chi connectivity index (χ0) is 22.3. The average molecular weight is 441 g/mol. The van der Waals surface area contributed by atoms with Crippen LogP contribution in [0.1, 0.15) is 32.3 Å². The van der Waals surface area contributed by atoms with Crippen LogP contribution in [0.15, 0.2) is 35.7 Å². The highest BCUT2D eigenvalue weighted by atomic mass is 16.5. The third-order valence-electron chi connectivity index (χ3n) is 5.96. The van der Waals surface area contributed by atoms with Gasteiger partial charge in [0.25, 0.3) is 0 Å². The van der Waals surface area contributed by atoms with E-state index < -0.39 is 0 Å². The van der Waals surface area contributed by atoms with Crippen molar-refractivity contribution in [1.29, 1.82) is 0 Å². The summed E-state index contributed by atoms with van der Waals surface area (Å²) in [7, 11) is 1.96. The van der Waals surface area contributed by atoms with Crippen LogP contribution in [0.2, 0.25) is 0 Å². The van der Waals surface area contributed by atoms with Crippen LogP contribution in [0.3, 0.4) is 0 Å². The van der Waals surface area contributed by atoms with Gasteiger partial charge < -0.3 is 25.2 Å². The number of piperidine rings is 1. The van der Waals surface area contributed by atoms with E-state index in [0.717, 1.165) is 69.5 Å². The number of guanidine groups is 1. The quantitative estimate of drug-likeness (QED) is 0.523. The number of anilines is 2. The fourth-order valence-corrected chi connectivity index (χ4v) is 4.34. The molecule has 9 heteroatoms. The van der Waals surface area contributed by atoms with Crippen LogP contribution in [0.25, 0.3) is 0 Å². The first-order valence-corrected chi connectivity index (χ1v) is 11.7. The van der Waals surface area contributed by atoms with Crippen LogP contribution in [0, 0.1) is 0 Å². The van der Waals surface area contributed by atoms with E-state index in [1.54, 1.807) is 0 Å². The van der Waals surface area contributed by atoms with Crippen molar-refractivity contribution in [2.45, 2.75) is 45.4 Å². The summed E-state index contributed by atoms with van der Waals surface area (Å²) in [5.74, 6) is 1.87. The minimum atomic E-state index is 0.235. The van der Waals surface area contributed by atoms with E-state index >= 15 is 0 Å². The Morgan fingerprint density at radius 1 is 1.28 bits per heavy atom. The van der Waals surface area contributed by atoms with Crippen molar-refractivity contribution in [2.75, 3.05) is 49.1 Å². The van der Waals surface area contributed by atoms with Gasteiger partial charge in [-0.1, -0.05) is 0 Å². The molecular weight excluding hydrogens is 404 g/mol. The molecule has 0 aromatic carbocycles. The topological polar surface area (TPSA) is 82.8 Å². The lowest BCUT2D eigenvalue weighted by Crippen LogP contribution is -2.51. The van der Waals surface area contributed by atoms with Gasteiger partial charge in [-0.3, -0.25) is 4.68 Å². The molecule has 4 rings (SSSR count). The molecule has 2 N–H and O–H groups in total. The van der Waals surface area contributed by atoms with E-state index in [-0.39, 0.29) is 6.10 Å². The maximum absolute atomic E-state index is 5.66. The number of ether oxygens (including phenoxy) is 1. The second-order valence-corrected chi connectivity index (χ2v) is 8.65. The largest absolute Gasteiger partial charge is 0.375 e. The van der Waals surface area contributed by atoms with E-state index in [1.165, 1.54) is 5.69 Å². The van der Waals surface area contributed by atoms with Crippen LogP contribution in [0.4, 0.5) is 11.5 Å². The number of nitrogens with one attached hydrogen (secondary N) is 2. The molecule has 0 bridgehead atoms. The Bertz CT molecular complexity index is 898. The van der Waals surface area contributed by atoms with Crippen LogP contribution >= 0.6 is 0 Å². The van der Waals surface area contributed by atoms with Crippen molar-refractivity contribution in [2.24, 2.45) is 12.0 Å². The molecule has 2 unspecified atom stereocenters. The Labute approximate surface area is 190 Å². The van der Waals surface area contributed by atoms with Crippen LogP contribution in [-0.2, 0) is 18.3 Å². The SMILES string of the molecule is CCNC(=NCc1ccnc(N2CCOC(C)C2)c1)NC1CCCN(c2cnn(C)c2)C1. The highest BCUT2D eigenvalue weighted by Crippen LogP contribution is 2.19. The molecule has 2 aliphatic heterocycles. The molecule has 0 aliphatic carbocycles. The molecule has 0 radical (unpaired) electrons. The number of morpholine rings is 1. The predicted molar refractivity (Wildman–Crippen MR) is 128 cm³/mol. The average Bonchev–Trinajstić information content (AvgIpc) is 3.24. The van der Waals surface area contributed by atoms with Gasteiger partial charge in [-0.15, -0.1) is 0 Å². The number of hydrogen-bond donors (Lipinski definition) is 2. The molecule has 2 aliphatic rings. The van der Waals surface area contributed by atoms with Crippen molar-refractivity contribution in [3.63, 3.8) is 0 Å². The molecule has 174 valence electrons. The molecule has 2 aromatic rings. The van der Waals surface area contributed by atoms with E-state index in [9.17, 15) is 0 Å². The van der Waals surface area contributed by atoms with Crippen LogP contribution < -0.4 is 20.4 Å². The Hall–Kier alpha value is -2.81. The molecule has 2 aromatic heterocycles. The Morgan fingerprint density at radius 2 is 2.19 bits per heavy atom. The zero-order valence-corrected chi connectivity index (χ0v) is 19.5. The minimum absolute atomic E-state index is 0.235. The van der Waals surface area contributed by atoms with Crippen LogP contribution in [0.5, 0.6) is 0 Å². The van der Waals surface area contributed by atoms with Crippen molar-refractivity contribution < 1.29 is 4.74 Å². The zero-order valence-electron chi connectivity index (χ0n) is 19.5. The summed E-state index contributed by atoms with van der Waals surface area (Å²) < 4.78 is 7.52. The first kappa shape index (κ1) is 22.4. The second kappa shape index (κ2) is 10.7. The van der Waals surface area contributed by atoms with E-state index in [1.807, 2.05) is 30.2 Å². The molecular formula is C23H36N8O. The Balaban J connectivity index is 1.38. The molecule has 2 saturated heterocycles. The van der Waals surface area contributed by atoms with Crippen molar-refractivity contribution in [1.82, 2.24) is 25.4 Å². The van der Waals surface area contributed by atoms with Gasteiger partial charge in [0.1, 0.15) is 5.82 Å². The van der Waals surface area contributed by atoms with E-state index in [2.05, 4.69) is 56.6 Å². The minimum Gasteiger partial charge on any atom is -0.375 e. The van der Waals surface area contributed by atoms with E-state index in [4.69, 9.17) is 9.73 Å². The predicted octanol–water partition coefficient (Wildman–Crippen LogP) is 1.76. The van der Waals surface area contributed by atoms with Crippen molar-refractivity contribution in [3.8, 4) is 0 Å². The lowest BCUT2D eigenvalue weighted by Gasteiger charge is -2.34. The fourth-order valence-electron chi connectivity index (χ4n) is 4.34. The van der Waals surface area contributed by atoms with Gasteiger partial charge in [0.2, 0.25) is 0 Å². The Morgan fingerprint density at radius 3 is 2.97 bits per heavy atom. The molecule has 2 fully saturated rings. The van der Waals surface area contributed by atoms with Crippen molar-refractivity contribution >= 4 is 17.5 Å². The molecule has 4 heterocycles. The second-order valence-electron chi connectivity index (χ2n) is 8.65. The molecule has 0 spiro atoms. The van der Waals surface area contributed by atoms with Gasteiger partial charge in [0, 0.05) is 58.2 Å². The van der Waals surface area contributed by atoms with Gasteiger partial charge in [0.05, 0.1) is 31.1 Å². The fraction of sp³-hybridized carbons (Fsp3) is 0.609. The summed E-state index contributed by atoms with van der Waals surface area (Å²) in [6.45, 7) is 10.2. The lowest BCUT2D eigenvalue weighted by molar-refractivity contribution is 0.0529. The van der Waals surface area contributed by atoms with Gasteiger partial charge in [-0.25, -0.2) is 9.98 Å². The summed E-state index contributed by atoms with van der Waals surface area (Å²) >= 11 is 0. The first-order chi connectivity index (χ1) is 15.6. The van der Waals surface area contributed by atoms with Gasteiger partial charge in [-0.05, 0) is 44.4 Å². The maximum atomic E-state index is 5.66. The lowest BCUT2D eigenvalue weighted by atomic mass is 10.1. The maximum Gasteiger partial charge on any atom is 0.191 e. The first-order valence-electron chi connectivity index (χ1n) is 11.7. The molecule has 0 saturated carbocycles. The number of rotatable bonds is 6. The molecule has 0 amide bonds. The summed E-state index contributed by atoms with van der Waals surface area (Å²) in [5, 5.41) is 11.4. The third kappa shape index (κ3) is 5.91. The standard InChI is InChI=1S/C23H36N8O/c1-4-24-23(28-20-6-5-9-30(16-20)21-14-27-29(3)17-21)26-13-19-7-8-25-22(12-19)31-10-11-32-18(2)15-31/h7-8,12,14,17-18,20H,4-6,9-11,13,15-16H2,1-3H3,(H2,24,26,28). The number of aliphatic imine (C=N–C) groups is 1. The number of hydrogen-bond acceptors (Lipinski definition) is 6.